The molecule has 0 amide bonds. The van der Waals surface area contributed by atoms with Crippen LogP contribution in [0.3, 0.4) is 0 Å². The monoisotopic (exact) mass is 542 g/mol. The number of furan rings is 1. The smallest absolute Gasteiger partial charge is 0.475 e. The maximum absolute atomic E-state index is 10.6. The topological polar surface area (TPSA) is 112 Å². The normalized spacial score (nSPS) is 20.6. The van der Waals surface area contributed by atoms with Crippen LogP contribution in [-0.2, 0) is 29.7 Å². The Morgan fingerprint density at radius 1 is 1.00 bits per heavy atom. The summed E-state index contributed by atoms with van der Waals surface area (Å²) in [6, 6.07) is 4.07. The highest BCUT2D eigenvalue weighted by Crippen LogP contribution is 2.39. The summed E-state index contributed by atoms with van der Waals surface area (Å²) in [6.07, 6.45) is -0.257. The molecule has 9 nitrogen and oxygen atoms in total. The lowest BCUT2D eigenvalue weighted by molar-refractivity contribution is -0.193. The highest BCUT2D eigenvalue weighted by Gasteiger charge is 2.41. The number of piperidine rings is 1. The first kappa shape index (κ1) is 30.2. The van der Waals surface area contributed by atoms with Gasteiger partial charge < -0.3 is 14.6 Å². The van der Waals surface area contributed by atoms with Crippen molar-refractivity contribution >= 4 is 11.9 Å². The van der Waals surface area contributed by atoms with Gasteiger partial charge in [-0.2, -0.15) is 31.4 Å². The molecule has 2 aromatic heterocycles. The Morgan fingerprint density at radius 3 is 2.03 bits per heavy atom. The van der Waals surface area contributed by atoms with Gasteiger partial charge in [0.2, 0.25) is 0 Å². The van der Waals surface area contributed by atoms with Gasteiger partial charge in [0.1, 0.15) is 5.76 Å². The zero-order valence-electron chi connectivity index (χ0n) is 19.9. The van der Waals surface area contributed by atoms with E-state index in [1.54, 1.807) is 6.26 Å². The largest absolute Gasteiger partial charge is 0.490 e. The summed E-state index contributed by atoms with van der Waals surface area (Å²) in [5, 5.41) is 18.5. The number of carboxylic acids is 2. The Bertz CT molecular complexity index is 984. The molecule has 0 saturated carbocycles. The van der Waals surface area contributed by atoms with Crippen LogP contribution >= 0.6 is 0 Å². The quantitative estimate of drug-likeness (QED) is 0.562. The Morgan fingerprint density at radius 2 is 1.57 bits per heavy atom. The van der Waals surface area contributed by atoms with Crippen LogP contribution in [0.2, 0.25) is 0 Å². The van der Waals surface area contributed by atoms with E-state index in [2.05, 4.69) is 27.2 Å². The van der Waals surface area contributed by atoms with E-state index < -0.39 is 24.3 Å². The summed E-state index contributed by atoms with van der Waals surface area (Å²) in [4.78, 5) is 23.0. The Labute approximate surface area is 208 Å². The van der Waals surface area contributed by atoms with Crippen molar-refractivity contribution in [3.63, 3.8) is 0 Å². The molecule has 2 N–H and O–H groups in total. The Kier molecular flexibility index (Phi) is 10.1. The minimum atomic E-state index is -5.08. The fourth-order valence-electron chi connectivity index (χ4n) is 4.38. The zero-order chi connectivity index (χ0) is 27.9. The second-order valence-corrected chi connectivity index (χ2v) is 8.98. The van der Waals surface area contributed by atoms with Gasteiger partial charge >= 0.3 is 24.3 Å². The van der Waals surface area contributed by atoms with Crippen LogP contribution in [0.1, 0.15) is 30.6 Å². The van der Waals surface area contributed by atoms with E-state index in [0.717, 1.165) is 18.8 Å². The fraction of sp³-hybridized carbons (Fsp3) is 0.591. The van der Waals surface area contributed by atoms with Crippen LogP contribution < -0.4 is 0 Å². The van der Waals surface area contributed by atoms with Crippen molar-refractivity contribution in [3.8, 4) is 0 Å². The molecule has 2 saturated heterocycles. The molecule has 2 aliphatic heterocycles. The molecule has 0 aliphatic carbocycles. The molecule has 37 heavy (non-hydrogen) atoms. The van der Waals surface area contributed by atoms with E-state index in [1.807, 2.05) is 24.0 Å². The number of alkyl halides is 6. The zero-order valence-corrected chi connectivity index (χ0v) is 19.9. The van der Waals surface area contributed by atoms with Crippen LogP contribution in [0.5, 0.6) is 0 Å². The molecule has 15 heteroatoms. The van der Waals surface area contributed by atoms with Crippen molar-refractivity contribution in [1.82, 2.24) is 19.6 Å². The van der Waals surface area contributed by atoms with E-state index in [4.69, 9.17) is 24.2 Å². The van der Waals surface area contributed by atoms with Crippen LogP contribution in [0, 0.1) is 5.41 Å². The second-order valence-electron chi connectivity index (χ2n) is 8.98. The number of likely N-dealkylation sites (tertiary alicyclic amines) is 2. The van der Waals surface area contributed by atoms with Crippen molar-refractivity contribution in [2.24, 2.45) is 12.5 Å². The highest BCUT2D eigenvalue weighted by molar-refractivity contribution is 5.73. The van der Waals surface area contributed by atoms with E-state index in [9.17, 15) is 26.3 Å². The van der Waals surface area contributed by atoms with Gasteiger partial charge in [-0.1, -0.05) is 0 Å². The molecule has 0 radical (unpaired) electrons. The maximum atomic E-state index is 10.6. The van der Waals surface area contributed by atoms with Gasteiger partial charge in [0.05, 0.1) is 19.0 Å². The van der Waals surface area contributed by atoms with Gasteiger partial charge in [0.25, 0.3) is 0 Å². The number of aromatic nitrogens is 2. The van der Waals surface area contributed by atoms with Crippen molar-refractivity contribution < 1.29 is 50.6 Å². The SMILES string of the molecule is Cn1cc(CN2CCCC3(CCN(Cc4ccco4)C3)C2)cn1.O=C(O)C(F)(F)F.O=C(O)C(F)(F)F. The summed E-state index contributed by atoms with van der Waals surface area (Å²) in [5.41, 5.74) is 1.81. The predicted molar refractivity (Wildman–Crippen MR) is 116 cm³/mol. The lowest BCUT2D eigenvalue weighted by atomic mass is 9.79. The average molecular weight is 542 g/mol. The van der Waals surface area contributed by atoms with Gasteiger partial charge in [-0.15, -0.1) is 0 Å². The number of hydrogen-bond acceptors (Lipinski definition) is 6. The molecule has 1 spiro atoms. The van der Waals surface area contributed by atoms with Crippen molar-refractivity contribution in [2.45, 2.75) is 44.7 Å². The van der Waals surface area contributed by atoms with E-state index >= 15 is 0 Å². The molecule has 2 aromatic rings. The van der Waals surface area contributed by atoms with Gasteiger partial charge in [-0.3, -0.25) is 14.5 Å². The summed E-state index contributed by atoms with van der Waals surface area (Å²) in [5.74, 6) is -4.43. The van der Waals surface area contributed by atoms with Crippen molar-refractivity contribution in [2.75, 3.05) is 26.2 Å². The molecule has 1 atom stereocenters. The van der Waals surface area contributed by atoms with Crippen molar-refractivity contribution in [3.05, 3.63) is 42.1 Å². The van der Waals surface area contributed by atoms with Crippen LogP contribution in [-0.4, -0.2) is 80.3 Å². The van der Waals surface area contributed by atoms with E-state index in [-0.39, 0.29) is 0 Å². The molecule has 0 aromatic carbocycles. The number of carbonyl (C=O) groups is 2. The number of rotatable bonds is 4. The van der Waals surface area contributed by atoms with Gasteiger partial charge in [-0.25, -0.2) is 9.59 Å². The van der Waals surface area contributed by atoms with Crippen molar-refractivity contribution in [1.29, 1.82) is 0 Å². The third kappa shape index (κ3) is 10.1. The summed E-state index contributed by atoms with van der Waals surface area (Å²) >= 11 is 0. The summed E-state index contributed by atoms with van der Waals surface area (Å²) in [6.45, 7) is 6.83. The second kappa shape index (κ2) is 12.4. The fourth-order valence-corrected chi connectivity index (χ4v) is 4.38. The van der Waals surface area contributed by atoms with Gasteiger partial charge in [0, 0.05) is 38.4 Å². The first-order valence-electron chi connectivity index (χ1n) is 11.1. The number of nitrogens with zero attached hydrogens (tertiary/aromatic N) is 4. The number of aryl methyl sites for hydroxylation is 1. The van der Waals surface area contributed by atoms with Gasteiger partial charge in [-0.05, 0) is 49.9 Å². The molecule has 208 valence electrons. The third-order valence-electron chi connectivity index (χ3n) is 5.87. The van der Waals surface area contributed by atoms with Gasteiger partial charge in [0.15, 0.2) is 0 Å². The molecule has 2 aliphatic rings. The standard InChI is InChI=1S/C18H26N4O.2C2HF3O2/c1-20-11-16(10-19-20)12-21-7-3-5-18(14-21)6-8-22(15-18)13-17-4-2-9-23-17;2*3-2(4,5)1(6)7/h2,4,9-11H,3,5-8,12-15H2,1H3;2*(H,6,7). The highest BCUT2D eigenvalue weighted by atomic mass is 19.4. The number of carboxylic acid groups (broad SMARTS) is 2. The van der Waals surface area contributed by atoms with Crippen LogP contribution in [0.25, 0.3) is 0 Å². The number of hydrogen-bond donors (Lipinski definition) is 2. The molecule has 4 rings (SSSR count). The third-order valence-corrected chi connectivity index (χ3v) is 5.87. The van der Waals surface area contributed by atoms with Crippen LogP contribution in [0.4, 0.5) is 26.3 Å². The average Bonchev–Trinajstić information content (AvgIpc) is 3.51. The molecular formula is C22H28F6N4O5. The van der Waals surface area contributed by atoms with Crippen LogP contribution in [0.15, 0.2) is 35.2 Å². The summed E-state index contributed by atoms with van der Waals surface area (Å²) in [7, 11) is 1.99. The first-order valence-corrected chi connectivity index (χ1v) is 11.1. The van der Waals surface area contributed by atoms with E-state index in [0.29, 0.717) is 5.41 Å². The molecule has 0 bridgehead atoms. The Hall–Kier alpha value is -3.07. The first-order chi connectivity index (χ1) is 17.1. The van der Waals surface area contributed by atoms with E-state index in [1.165, 1.54) is 51.0 Å². The molecule has 1 unspecified atom stereocenters. The molecule has 2 fully saturated rings. The molecular weight excluding hydrogens is 514 g/mol. The predicted octanol–water partition coefficient (Wildman–Crippen LogP) is 3.77. The minimum absolute atomic E-state index is 0.479. The lowest BCUT2D eigenvalue weighted by Crippen LogP contribution is -2.44. The lowest BCUT2D eigenvalue weighted by Gasteiger charge is -2.40. The minimum Gasteiger partial charge on any atom is -0.475 e. The number of halogens is 6. The number of aliphatic carboxylic acids is 2. The summed E-state index contributed by atoms with van der Waals surface area (Å²) < 4.78 is 70.9. The maximum Gasteiger partial charge on any atom is 0.490 e. The molecule has 4 heterocycles. The Balaban J connectivity index is 0.000000286.